The van der Waals surface area contributed by atoms with Crippen molar-refractivity contribution in [2.75, 3.05) is 13.7 Å². The van der Waals surface area contributed by atoms with Crippen LogP contribution in [-0.4, -0.2) is 42.2 Å². The fourth-order valence-electron chi connectivity index (χ4n) is 2.58. The molecule has 7 nitrogen and oxygen atoms in total. The third-order valence-corrected chi connectivity index (χ3v) is 4.40. The summed E-state index contributed by atoms with van der Waals surface area (Å²) in [5.41, 5.74) is 0.751. The monoisotopic (exact) mass is 410 g/mol. The molecule has 1 aliphatic rings. The van der Waals surface area contributed by atoms with Crippen LogP contribution in [0.3, 0.4) is 0 Å². The number of hydrogen-bond acceptors (Lipinski definition) is 5. The van der Waals surface area contributed by atoms with Gasteiger partial charge >= 0.3 is 5.97 Å². The molecule has 1 N–H and O–H groups in total. The lowest BCUT2D eigenvalue weighted by Gasteiger charge is -2.19. The number of nitrogens with one attached hydrogen (secondary N) is 1. The minimum Gasteiger partial charge on any atom is -0.469 e. The van der Waals surface area contributed by atoms with E-state index in [0.29, 0.717) is 0 Å². The fraction of sp³-hybridized carbons (Fsp3) is 0.412. The molecular formula is C17H19BrN2O5. The highest BCUT2D eigenvalue weighted by atomic mass is 79.9. The van der Waals surface area contributed by atoms with E-state index in [-0.39, 0.29) is 49.9 Å². The Kier molecular flexibility index (Phi) is 6.69. The zero-order valence-electron chi connectivity index (χ0n) is 13.8. The van der Waals surface area contributed by atoms with Gasteiger partial charge in [-0.3, -0.25) is 24.1 Å². The standard InChI is InChI=1S/C17H19BrN2O5/c1-25-17(24)10-13(11-3-2-4-12(18)9-11)19-14(21)7-8-20-15(22)5-6-16(20)23/h2-4,9,13H,5-8,10H2,1H3,(H,19,21). The largest absolute Gasteiger partial charge is 0.469 e. The average molecular weight is 411 g/mol. The van der Waals surface area contributed by atoms with Crippen molar-refractivity contribution in [3.63, 3.8) is 0 Å². The number of ether oxygens (including phenoxy) is 1. The molecule has 0 aromatic heterocycles. The van der Waals surface area contributed by atoms with Crippen LogP contribution in [0.25, 0.3) is 0 Å². The minimum absolute atomic E-state index is 0.0108. The molecule has 0 radical (unpaired) electrons. The van der Waals surface area contributed by atoms with E-state index in [1.54, 1.807) is 18.2 Å². The highest BCUT2D eigenvalue weighted by Crippen LogP contribution is 2.21. The first-order chi connectivity index (χ1) is 11.9. The average Bonchev–Trinajstić information content (AvgIpc) is 2.90. The summed E-state index contributed by atoms with van der Waals surface area (Å²) in [5, 5.41) is 2.77. The molecule has 25 heavy (non-hydrogen) atoms. The van der Waals surface area contributed by atoms with E-state index in [2.05, 4.69) is 26.0 Å². The maximum atomic E-state index is 12.2. The molecular weight excluding hydrogens is 392 g/mol. The molecule has 1 aromatic carbocycles. The summed E-state index contributed by atoms with van der Waals surface area (Å²) in [7, 11) is 1.28. The van der Waals surface area contributed by atoms with Crippen LogP contribution >= 0.6 is 15.9 Å². The molecule has 1 saturated heterocycles. The predicted octanol–water partition coefficient (Wildman–Crippen LogP) is 1.71. The summed E-state index contributed by atoms with van der Waals surface area (Å²) in [5.74, 6) is -1.30. The molecule has 1 heterocycles. The highest BCUT2D eigenvalue weighted by molar-refractivity contribution is 9.10. The number of benzene rings is 1. The first kappa shape index (κ1) is 19.1. The van der Waals surface area contributed by atoms with Gasteiger partial charge in [0.15, 0.2) is 0 Å². The fourth-order valence-corrected chi connectivity index (χ4v) is 2.99. The Morgan fingerprint density at radius 3 is 2.56 bits per heavy atom. The lowest BCUT2D eigenvalue weighted by molar-refractivity contribution is -0.141. The topological polar surface area (TPSA) is 92.8 Å². The Morgan fingerprint density at radius 1 is 1.28 bits per heavy atom. The van der Waals surface area contributed by atoms with E-state index in [9.17, 15) is 19.2 Å². The van der Waals surface area contributed by atoms with Crippen LogP contribution in [-0.2, 0) is 23.9 Å². The van der Waals surface area contributed by atoms with Crippen molar-refractivity contribution in [3.05, 3.63) is 34.3 Å². The lowest BCUT2D eigenvalue weighted by atomic mass is 10.0. The number of nitrogens with zero attached hydrogens (tertiary/aromatic N) is 1. The second-order valence-corrected chi connectivity index (χ2v) is 6.56. The number of methoxy groups -OCH3 is 1. The molecule has 8 heteroatoms. The second kappa shape index (κ2) is 8.75. The maximum absolute atomic E-state index is 12.2. The van der Waals surface area contributed by atoms with Crippen molar-refractivity contribution >= 4 is 39.6 Å². The van der Waals surface area contributed by atoms with Crippen LogP contribution in [0.15, 0.2) is 28.7 Å². The number of carbonyl (C=O) groups excluding carboxylic acids is 4. The van der Waals surface area contributed by atoms with Gasteiger partial charge in [0.2, 0.25) is 17.7 Å². The van der Waals surface area contributed by atoms with Crippen molar-refractivity contribution < 1.29 is 23.9 Å². The number of amides is 3. The molecule has 0 bridgehead atoms. The van der Waals surface area contributed by atoms with Crippen molar-refractivity contribution in [2.24, 2.45) is 0 Å². The van der Waals surface area contributed by atoms with Crippen molar-refractivity contribution in [2.45, 2.75) is 31.7 Å². The summed E-state index contributed by atoms with van der Waals surface area (Å²) in [4.78, 5) is 48.1. The number of imide groups is 1. The normalized spacial score (nSPS) is 15.2. The number of esters is 1. The second-order valence-electron chi connectivity index (χ2n) is 5.64. The van der Waals surface area contributed by atoms with Crippen LogP contribution in [0.2, 0.25) is 0 Å². The molecule has 0 aliphatic carbocycles. The molecule has 2 rings (SSSR count). The number of hydrogen-bond donors (Lipinski definition) is 1. The summed E-state index contributed by atoms with van der Waals surface area (Å²) in [6, 6.07) is 6.69. The van der Waals surface area contributed by atoms with Crippen molar-refractivity contribution in [1.82, 2.24) is 10.2 Å². The summed E-state index contributed by atoms with van der Waals surface area (Å²) in [6.45, 7) is 0.0485. The summed E-state index contributed by atoms with van der Waals surface area (Å²) in [6.07, 6.45) is 0.371. The van der Waals surface area contributed by atoms with Crippen LogP contribution in [0.1, 0.15) is 37.3 Å². The molecule has 1 atom stereocenters. The predicted molar refractivity (Wildman–Crippen MR) is 92.2 cm³/mol. The Bertz CT molecular complexity index is 675. The molecule has 0 saturated carbocycles. The summed E-state index contributed by atoms with van der Waals surface area (Å²) >= 11 is 3.36. The molecule has 1 aromatic rings. The molecule has 0 spiro atoms. The molecule has 134 valence electrons. The van der Waals surface area contributed by atoms with Crippen molar-refractivity contribution in [1.29, 1.82) is 0 Å². The van der Waals surface area contributed by atoms with Gasteiger partial charge in [-0.1, -0.05) is 28.1 Å². The molecule has 1 aliphatic heterocycles. The molecule has 3 amide bonds. The quantitative estimate of drug-likeness (QED) is 0.545. The van der Waals surface area contributed by atoms with Gasteiger partial charge in [-0.15, -0.1) is 0 Å². The van der Waals surface area contributed by atoms with Gasteiger partial charge in [-0.2, -0.15) is 0 Å². The van der Waals surface area contributed by atoms with E-state index in [1.165, 1.54) is 7.11 Å². The van der Waals surface area contributed by atoms with E-state index in [1.807, 2.05) is 6.07 Å². The number of halogens is 1. The summed E-state index contributed by atoms with van der Waals surface area (Å²) < 4.78 is 5.51. The van der Waals surface area contributed by atoms with E-state index in [0.717, 1.165) is 14.9 Å². The van der Waals surface area contributed by atoms with Gasteiger partial charge in [-0.05, 0) is 17.7 Å². The van der Waals surface area contributed by atoms with Gasteiger partial charge in [0.1, 0.15) is 0 Å². The van der Waals surface area contributed by atoms with Crippen LogP contribution in [0.5, 0.6) is 0 Å². The number of rotatable bonds is 7. The minimum atomic E-state index is -0.553. The van der Waals surface area contributed by atoms with Crippen LogP contribution in [0.4, 0.5) is 0 Å². The molecule has 1 unspecified atom stereocenters. The van der Waals surface area contributed by atoms with Gasteiger partial charge in [0.05, 0.1) is 19.6 Å². The highest BCUT2D eigenvalue weighted by Gasteiger charge is 2.29. The Hall–Kier alpha value is -2.22. The Morgan fingerprint density at radius 2 is 1.96 bits per heavy atom. The van der Waals surface area contributed by atoms with E-state index >= 15 is 0 Å². The van der Waals surface area contributed by atoms with Gasteiger partial charge in [0, 0.05) is 30.3 Å². The van der Waals surface area contributed by atoms with E-state index < -0.39 is 12.0 Å². The van der Waals surface area contributed by atoms with Crippen LogP contribution < -0.4 is 5.32 Å². The first-order valence-corrected chi connectivity index (χ1v) is 8.65. The number of likely N-dealkylation sites (tertiary alicyclic amines) is 1. The number of carbonyl (C=O) groups is 4. The Balaban J connectivity index is 2.00. The zero-order chi connectivity index (χ0) is 18.4. The lowest BCUT2D eigenvalue weighted by Crippen LogP contribution is -2.36. The first-order valence-electron chi connectivity index (χ1n) is 7.85. The van der Waals surface area contributed by atoms with E-state index in [4.69, 9.17) is 0 Å². The third kappa shape index (κ3) is 5.38. The third-order valence-electron chi connectivity index (χ3n) is 3.90. The van der Waals surface area contributed by atoms with Gasteiger partial charge in [-0.25, -0.2) is 0 Å². The zero-order valence-corrected chi connectivity index (χ0v) is 15.4. The maximum Gasteiger partial charge on any atom is 0.307 e. The Labute approximate surface area is 153 Å². The SMILES string of the molecule is COC(=O)CC(NC(=O)CCN1C(=O)CCC1=O)c1cccc(Br)c1. The van der Waals surface area contributed by atoms with Gasteiger partial charge in [0.25, 0.3) is 0 Å². The van der Waals surface area contributed by atoms with Gasteiger partial charge < -0.3 is 10.1 Å². The molecule has 1 fully saturated rings. The van der Waals surface area contributed by atoms with Crippen LogP contribution in [0, 0.1) is 0 Å². The van der Waals surface area contributed by atoms with Crippen molar-refractivity contribution in [3.8, 4) is 0 Å². The smallest absolute Gasteiger partial charge is 0.307 e.